The van der Waals surface area contributed by atoms with Crippen LogP contribution in [0.15, 0.2) is 40.9 Å². The van der Waals surface area contributed by atoms with Crippen molar-refractivity contribution in [2.24, 2.45) is 0 Å². The number of halogens is 3. The van der Waals surface area contributed by atoms with Crippen molar-refractivity contribution in [3.63, 3.8) is 0 Å². The predicted molar refractivity (Wildman–Crippen MR) is 94.9 cm³/mol. The molecule has 0 bridgehead atoms. The van der Waals surface area contributed by atoms with E-state index in [9.17, 15) is 0 Å². The van der Waals surface area contributed by atoms with E-state index in [1.165, 1.54) is 11.1 Å². The molecular weight excluding hydrogens is 415 g/mol. The van der Waals surface area contributed by atoms with Crippen LogP contribution in [-0.4, -0.2) is 6.61 Å². The van der Waals surface area contributed by atoms with Crippen molar-refractivity contribution in [2.45, 2.75) is 24.1 Å². The maximum absolute atomic E-state index is 6.02. The van der Waals surface area contributed by atoms with Crippen LogP contribution < -0.4 is 4.74 Å². The van der Waals surface area contributed by atoms with E-state index < -0.39 is 0 Å². The smallest absolute Gasteiger partial charge is 0.123 e. The molecule has 4 heteroatoms. The third-order valence-electron chi connectivity index (χ3n) is 3.85. The van der Waals surface area contributed by atoms with Crippen molar-refractivity contribution in [1.82, 2.24) is 0 Å². The summed E-state index contributed by atoms with van der Waals surface area (Å²) < 4.78 is 6.76. The van der Waals surface area contributed by atoms with Gasteiger partial charge in [-0.1, -0.05) is 69.4 Å². The van der Waals surface area contributed by atoms with Crippen LogP contribution in [0.2, 0.25) is 5.02 Å². The number of rotatable bonds is 2. The molecular formula is C17H15Br2ClO. The van der Waals surface area contributed by atoms with Gasteiger partial charge in [0, 0.05) is 20.5 Å². The third-order valence-corrected chi connectivity index (χ3v) is 5.79. The van der Waals surface area contributed by atoms with Crippen LogP contribution in [0.1, 0.15) is 35.4 Å². The Labute approximate surface area is 146 Å². The van der Waals surface area contributed by atoms with Crippen LogP contribution in [0.25, 0.3) is 0 Å². The molecule has 0 saturated heterocycles. The predicted octanol–water partition coefficient (Wildman–Crippen LogP) is 6.26. The molecule has 1 aliphatic rings. The molecule has 0 N–H and O–H groups in total. The van der Waals surface area contributed by atoms with Gasteiger partial charge in [-0.2, -0.15) is 0 Å². The molecule has 0 fully saturated rings. The van der Waals surface area contributed by atoms with E-state index in [-0.39, 0.29) is 10.2 Å². The van der Waals surface area contributed by atoms with E-state index in [4.69, 9.17) is 16.3 Å². The van der Waals surface area contributed by atoms with E-state index in [0.29, 0.717) is 0 Å². The fourth-order valence-corrected chi connectivity index (χ4v) is 4.49. The molecule has 0 aromatic heterocycles. The van der Waals surface area contributed by atoms with Crippen molar-refractivity contribution in [3.8, 4) is 5.75 Å². The number of ether oxygens (including phenoxy) is 1. The summed E-state index contributed by atoms with van der Waals surface area (Å²) in [6.45, 7) is 5.16. The van der Waals surface area contributed by atoms with Gasteiger partial charge in [-0.05, 0) is 35.4 Å². The number of benzene rings is 2. The molecule has 1 atom stereocenters. The number of alkyl halides is 1. The zero-order valence-electron chi connectivity index (χ0n) is 11.8. The maximum atomic E-state index is 6.02. The summed E-state index contributed by atoms with van der Waals surface area (Å²) in [6, 6.07) is 12.3. The molecule has 1 heterocycles. The molecule has 0 saturated carbocycles. The van der Waals surface area contributed by atoms with Gasteiger partial charge in [-0.15, -0.1) is 0 Å². The second-order valence-electron chi connectivity index (χ2n) is 5.96. The average Bonchev–Trinajstić information content (AvgIpc) is 2.74. The van der Waals surface area contributed by atoms with Gasteiger partial charge in [0.05, 0.1) is 11.4 Å². The normalized spacial score (nSPS) is 17.2. The van der Waals surface area contributed by atoms with E-state index in [0.717, 1.165) is 27.4 Å². The second-order valence-corrected chi connectivity index (χ2v) is 8.16. The first-order valence-corrected chi connectivity index (χ1v) is 8.83. The molecule has 2 aromatic carbocycles. The largest absolute Gasteiger partial charge is 0.492 e. The zero-order chi connectivity index (χ0) is 15.2. The lowest BCUT2D eigenvalue weighted by molar-refractivity contribution is 0.291. The van der Waals surface area contributed by atoms with Gasteiger partial charge in [-0.3, -0.25) is 0 Å². The molecule has 1 aliphatic heterocycles. The summed E-state index contributed by atoms with van der Waals surface area (Å²) in [5.41, 5.74) is 3.72. The van der Waals surface area contributed by atoms with Crippen LogP contribution in [0.5, 0.6) is 5.75 Å². The minimum Gasteiger partial charge on any atom is -0.492 e. The lowest BCUT2D eigenvalue weighted by Crippen LogP contribution is -2.18. The molecule has 110 valence electrons. The van der Waals surface area contributed by atoms with E-state index >= 15 is 0 Å². The van der Waals surface area contributed by atoms with Gasteiger partial charge in [-0.25, -0.2) is 0 Å². The Morgan fingerprint density at radius 3 is 2.67 bits per heavy atom. The Morgan fingerprint density at radius 1 is 1.19 bits per heavy atom. The van der Waals surface area contributed by atoms with Crippen molar-refractivity contribution < 1.29 is 4.74 Å². The highest BCUT2D eigenvalue weighted by Crippen LogP contribution is 2.43. The van der Waals surface area contributed by atoms with Crippen LogP contribution in [-0.2, 0) is 5.41 Å². The molecule has 21 heavy (non-hydrogen) atoms. The Balaban J connectivity index is 2.01. The number of hydrogen-bond acceptors (Lipinski definition) is 1. The molecule has 0 aliphatic carbocycles. The minimum absolute atomic E-state index is 0.0648. The molecule has 0 spiro atoms. The fourth-order valence-electron chi connectivity index (χ4n) is 2.58. The van der Waals surface area contributed by atoms with Gasteiger partial charge < -0.3 is 4.74 Å². The van der Waals surface area contributed by atoms with Crippen LogP contribution in [0, 0.1) is 0 Å². The monoisotopic (exact) mass is 428 g/mol. The summed E-state index contributed by atoms with van der Waals surface area (Å²) in [5.74, 6) is 0.999. The first-order chi connectivity index (χ1) is 9.88. The highest BCUT2D eigenvalue weighted by molar-refractivity contribution is 9.11. The molecule has 3 rings (SSSR count). The number of fused-ring (bicyclic) bond motifs is 1. The van der Waals surface area contributed by atoms with E-state index in [1.54, 1.807) is 0 Å². The molecule has 1 nitrogen and oxygen atoms in total. The molecule has 1 unspecified atom stereocenters. The van der Waals surface area contributed by atoms with E-state index in [1.807, 2.05) is 18.2 Å². The van der Waals surface area contributed by atoms with Gasteiger partial charge in [0.1, 0.15) is 5.75 Å². The molecule has 2 aromatic rings. The summed E-state index contributed by atoms with van der Waals surface area (Å²) in [4.78, 5) is 0.117. The first kappa shape index (κ1) is 15.4. The highest BCUT2D eigenvalue weighted by atomic mass is 79.9. The summed E-state index contributed by atoms with van der Waals surface area (Å²) in [6.07, 6.45) is 0. The Morgan fingerprint density at radius 2 is 1.95 bits per heavy atom. The molecule has 0 amide bonds. The summed E-state index contributed by atoms with van der Waals surface area (Å²) in [7, 11) is 0. The summed E-state index contributed by atoms with van der Waals surface area (Å²) in [5, 5.41) is 0.730. The first-order valence-electron chi connectivity index (χ1n) is 6.75. The highest BCUT2D eigenvalue weighted by Gasteiger charge is 2.32. The summed E-state index contributed by atoms with van der Waals surface area (Å²) >= 11 is 13.4. The lowest BCUT2D eigenvalue weighted by Gasteiger charge is -2.18. The SMILES string of the molecule is CC1(C)COc2ccc(C(Br)c3ccc(Cl)cc3Br)cc21. The molecule has 0 radical (unpaired) electrons. The van der Waals surface area contributed by atoms with Gasteiger partial charge in [0.2, 0.25) is 0 Å². The maximum Gasteiger partial charge on any atom is 0.123 e. The topological polar surface area (TPSA) is 9.23 Å². The van der Waals surface area contributed by atoms with Crippen LogP contribution >= 0.6 is 43.5 Å². The lowest BCUT2D eigenvalue weighted by atomic mass is 9.85. The van der Waals surface area contributed by atoms with Gasteiger partial charge in [0.15, 0.2) is 0 Å². The second kappa shape index (κ2) is 5.60. The van der Waals surface area contributed by atoms with Gasteiger partial charge in [0.25, 0.3) is 0 Å². The van der Waals surface area contributed by atoms with Crippen molar-refractivity contribution in [2.75, 3.05) is 6.61 Å². The third kappa shape index (κ3) is 2.88. The fraction of sp³-hybridized carbons (Fsp3) is 0.294. The zero-order valence-corrected chi connectivity index (χ0v) is 15.7. The Kier molecular flexibility index (Phi) is 4.10. The minimum atomic E-state index is 0.0648. The van der Waals surface area contributed by atoms with Crippen molar-refractivity contribution in [1.29, 1.82) is 0 Å². The number of hydrogen-bond donors (Lipinski definition) is 0. The van der Waals surface area contributed by atoms with Crippen LogP contribution in [0.4, 0.5) is 0 Å². The van der Waals surface area contributed by atoms with Gasteiger partial charge >= 0.3 is 0 Å². The Hall–Kier alpha value is -0.510. The van der Waals surface area contributed by atoms with Crippen molar-refractivity contribution >= 4 is 43.5 Å². The Bertz CT molecular complexity index is 697. The quantitative estimate of drug-likeness (QED) is 0.511. The van der Waals surface area contributed by atoms with E-state index in [2.05, 4.69) is 63.9 Å². The standard InChI is InChI=1S/C17H15Br2ClO/c1-17(2)9-21-15-6-3-10(7-13(15)17)16(19)12-5-4-11(20)8-14(12)18/h3-8,16H,9H2,1-2H3. The van der Waals surface area contributed by atoms with Crippen LogP contribution in [0.3, 0.4) is 0 Å². The van der Waals surface area contributed by atoms with Crippen molar-refractivity contribution in [3.05, 3.63) is 62.6 Å². The average molecular weight is 431 g/mol.